The summed E-state index contributed by atoms with van der Waals surface area (Å²) in [6.07, 6.45) is 4.42. The van der Waals surface area contributed by atoms with Gasteiger partial charge in [0.15, 0.2) is 10.9 Å². The van der Waals surface area contributed by atoms with Crippen LogP contribution in [0.3, 0.4) is 0 Å². The van der Waals surface area contributed by atoms with Crippen LogP contribution in [0.5, 0.6) is 0 Å². The van der Waals surface area contributed by atoms with Gasteiger partial charge in [0.1, 0.15) is 12.1 Å². The Morgan fingerprint density at radius 1 is 1.15 bits per heavy atom. The Hall–Kier alpha value is -3.59. The summed E-state index contributed by atoms with van der Waals surface area (Å²) in [5.41, 5.74) is 1.90. The number of nitrogens with one attached hydrogen (secondary N) is 3. The molecule has 3 heterocycles. The van der Waals surface area contributed by atoms with Gasteiger partial charge in [-0.3, -0.25) is 15.1 Å². The van der Waals surface area contributed by atoms with Crippen molar-refractivity contribution >= 4 is 63.5 Å². The maximum absolute atomic E-state index is 15.6. The molecule has 4 N–H and O–H groups in total. The molecule has 1 aromatic carbocycles. The van der Waals surface area contributed by atoms with E-state index in [9.17, 15) is 9.59 Å². The molecule has 2 amide bonds. The normalized spacial score (nSPS) is 10.4. The fourth-order valence-corrected chi connectivity index (χ4v) is 4.02. The Balaban J connectivity index is 0.00000324. The van der Waals surface area contributed by atoms with Gasteiger partial charge in [-0.1, -0.05) is 17.4 Å². The first kappa shape index (κ1) is 25.0. The van der Waals surface area contributed by atoms with Crippen LogP contribution in [0.4, 0.5) is 20.3 Å². The third-order valence-corrected chi connectivity index (χ3v) is 5.47. The van der Waals surface area contributed by atoms with Crippen molar-refractivity contribution in [3.05, 3.63) is 48.7 Å². The number of benzene rings is 1. The van der Waals surface area contributed by atoms with Crippen molar-refractivity contribution in [2.75, 3.05) is 23.7 Å². The summed E-state index contributed by atoms with van der Waals surface area (Å²) in [7, 11) is 0. The molecule has 0 bridgehead atoms. The van der Waals surface area contributed by atoms with E-state index in [1.165, 1.54) is 12.4 Å². The van der Waals surface area contributed by atoms with Crippen molar-refractivity contribution < 1.29 is 19.1 Å². The Kier molecular flexibility index (Phi) is 8.11. The zero-order valence-electron chi connectivity index (χ0n) is 18.3. The molecule has 0 saturated carbocycles. The minimum atomic E-state index is -1.06. The van der Waals surface area contributed by atoms with Gasteiger partial charge in [0.2, 0.25) is 5.95 Å². The molecule has 1 radical (unpaired) electrons. The number of urea groups is 1. The number of hydrogen-bond donors (Lipinski definition) is 4. The van der Waals surface area contributed by atoms with Gasteiger partial charge in [-0.2, -0.15) is 0 Å². The summed E-state index contributed by atoms with van der Waals surface area (Å²) in [5.74, 6) is -1.55. The van der Waals surface area contributed by atoms with E-state index in [0.29, 0.717) is 28.1 Å². The standard InChI is InChI=1S/C21H18FN7O3S.Li/c1-2-23-20(32)29-21-28-17-16(22)12(11-8-25-19(26-9-11)27-10-15(30)31)7-13(18(17)33-21)14-5-3-4-6-24-14;/h3-9H,2,10H2,1H3,(H,30,31)(H,25,26,27)(H2,23,28,29,32);. The first-order valence-electron chi connectivity index (χ1n) is 9.83. The minimum absolute atomic E-state index is 0. The molecule has 34 heavy (non-hydrogen) atoms. The molecule has 3 aromatic heterocycles. The van der Waals surface area contributed by atoms with Crippen LogP contribution in [-0.2, 0) is 4.79 Å². The molecule has 0 spiro atoms. The number of amides is 2. The van der Waals surface area contributed by atoms with E-state index in [0.717, 1.165) is 11.3 Å². The number of aliphatic carboxylic acids is 1. The topological polar surface area (TPSA) is 142 Å². The molecule has 0 fully saturated rings. The molecule has 169 valence electrons. The second-order valence-electron chi connectivity index (χ2n) is 6.72. The van der Waals surface area contributed by atoms with E-state index in [4.69, 9.17) is 5.11 Å². The molecule has 4 aromatic rings. The quantitative estimate of drug-likeness (QED) is 0.299. The summed E-state index contributed by atoms with van der Waals surface area (Å²) >= 11 is 1.14. The number of carboxylic acid groups (broad SMARTS) is 1. The zero-order chi connectivity index (χ0) is 23.4. The molecule has 10 nitrogen and oxygen atoms in total. The molecule has 0 aliphatic rings. The van der Waals surface area contributed by atoms with Crippen molar-refractivity contribution in [1.82, 2.24) is 25.3 Å². The third kappa shape index (κ3) is 5.48. The summed E-state index contributed by atoms with van der Waals surface area (Å²) in [4.78, 5) is 39.4. The van der Waals surface area contributed by atoms with Crippen molar-refractivity contribution in [2.45, 2.75) is 6.92 Å². The number of pyridine rings is 1. The second-order valence-corrected chi connectivity index (χ2v) is 7.72. The second kappa shape index (κ2) is 11.0. The first-order valence-corrected chi connectivity index (χ1v) is 10.6. The number of fused-ring (bicyclic) bond motifs is 1. The molecular formula is C21H18FLiN7O3S. The summed E-state index contributed by atoms with van der Waals surface area (Å²) in [6.45, 7) is 1.88. The van der Waals surface area contributed by atoms with E-state index in [2.05, 4.69) is 35.9 Å². The van der Waals surface area contributed by atoms with Crippen LogP contribution in [0.25, 0.3) is 32.6 Å². The Morgan fingerprint density at radius 3 is 2.56 bits per heavy atom. The van der Waals surface area contributed by atoms with E-state index in [1.807, 2.05) is 6.07 Å². The number of rotatable bonds is 7. The summed E-state index contributed by atoms with van der Waals surface area (Å²) in [5, 5.41) is 16.8. The maximum atomic E-state index is 15.6. The van der Waals surface area contributed by atoms with Crippen LogP contribution in [-0.4, -0.2) is 69.0 Å². The van der Waals surface area contributed by atoms with Gasteiger partial charge in [-0.25, -0.2) is 24.1 Å². The molecule has 0 unspecified atom stereocenters. The number of anilines is 2. The van der Waals surface area contributed by atoms with Crippen LogP contribution in [0, 0.1) is 5.82 Å². The van der Waals surface area contributed by atoms with Gasteiger partial charge in [-0.05, 0) is 25.1 Å². The first-order chi connectivity index (χ1) is 16.0. The van der Waals surface area contributed by atoms with Crippen LogP contribution < -0.4 is 16.0 Å². The van der Waals surface area contributed by atoms with Crippen molar-refractivity contribution in [3.8, 4) is 22.4 Å². The van der Waals surface area contributed by atoms with Crippen molar-refractivity contribution in [2.24, 2.45) is 0 Å². The number of aromatic nitrogens is 4. The largest absolute Gasteiger partial charge is 0.480 e. The summed E-state index contributed by atoms with van der Waals surface area (Å²) < 4.78 is 16.1. The van der Waals surface area contributed by atoms with Crippen LogP contribution in [0.2, 0.25) is 0 Å². The van der Waals surface area contributed by atoms with Gasteiger partial charge in [0.25, 0.3) is 0 Å². The average Bonchev–Trinajstić information content (AvgIpc) is 3.23. The van der Waals surface area contributed by atoms with Crippen LogP contribution >= 0.6 is 11.3 Å². The molecular weight excluding hydrogens is 456 g/mol. The minimum Gasteiger partial charge on any atom is -0.480 e. The van der Waals surface area contributed by atoms with Crippen LogP contribution in [0.15, 0.2) is 42.9 Å². The fourth-order valence-electron chi connectivity index (χ4n) is 3.04. The fraction of sp³-hybridized carbons (Fsp3) is 0.143. The Bertz CT molecular complexity index is 1320. The molecule has 0 saturated heterocycles. The SMILES string of the molecule is CCNC(=O)Nc1nc2c(F)c(-c3cnc(NCC(=O)O)nc3)cc(-c3ccccn3)c2s1.[Li]. The monoisotopic (exact) mass is 474 g/mol. The Labute approximate surface area is 209 Å². The number of carbonyl (C=O) groups excluding carboxylic acids is 1. The Morgan fingerprint density at radius 2 is 1.91 bits per heavy atom. The number of halogens is 1. The van der Waals surface area contributed by atoms with Gasteiger partial charge in [-0.15, -0.1) is 0 Å². The number of nitrogens with zero attached hydrogens (tertiary/aromatic N) is 4. The third-order valence-electron chi connectivity index (χ3n) is 4.46. The molecule has 0 aliphatic heterocycles. The smallest absolute Gasteiger partial charge is 0.322 e. The number of carbonyl (C=O) groups is 2. The van der Waals surface area contributed by atoms with Gasteiger partial charge in [0, 0.05) is 60.7 Å². The number of carboxylic acids is 1. The number of thiazole rings is 1. The van der Waals surface area contributed by atoms with E-state index in [1.54, 1.807) is 31.3 Å². The molecule has 0 atom stereocenters. The van der Waals surface area contributed by atoms with E-state index >= 15 is 4.39 Å². The summed E-state index contributed by atoms with van der Waals surface area (Å²) in [6, 6.07) is 6.59. The molecule has 13 heteroatoms. The predicted molar refractivity (Wildman–Crippen MR) is 128 cm³/mol. The zero-order valence-corrected chi connectivity index (χ0v) is 19.1. The van der Waals surface area contributed by atoms with Gasteiger partial charge in [0.05, 0.1) is 10.4 Å². The van der Waals surface area contributed by atoms with Gasteiger partial charge >= 0.3 is 12.0 Å². The van der Waals surface area contributed by atoms with E-state index < -0.39 is 17.8 Å². The van der Waals surface area contributed by atoms with E-state index in [-0.39, 0.29) is 47.6 Å². The molecule has 0 aliphatic carbocycles. The van der Waals surface area contributed by atoms with Crippen molar-refractivity contribution in [3.63, 3.8) is 0 Å². The maximum Gasteiger partial charge on any atom is 0.322 e. The number of hydrogen-bond acceptors (Lipinski definition) is 8. The van der Waals surface area contributed by atoms with Crippen LogP contribution in [0.1, 0.15) is 6.92 Å². The van der Waals surface area contributed by atoms with Crippen molar-refractivity contribution in [1.29, 1.82) is 0 Å². The predicted octanol–water partition coefficient (Wildman–Crippen LogP) is 3.21. The average molecular weight is 474 g/mol. The van der Waals surface area contributed by atoms with Gasteiger partial charge < -0.3 is 15.7 Å². The molecule has 4 rings (SSSR count).